The molecule has 5 rings (SSSR count). The number of nitrogens with one attached hydrogen (secondary N) is 1. The van der Waals surface area contributed by atoms with Crippen LogP contribution in [0, 0.1) is 0 Å². The second kappa shape index (κ2) is 8.57. The molecule has 0 bridgehead atoms. The van der Waals surface area contributed by atoms with Crippen LogP contribution >= 0.6 is 11.3 Å². The fourth-order valence-electron chi connectivity index (χ4n) is 4.14. The van der Waals surface area contributed by atoms with E-state index in [0.717, 1.165) is 34.9 Å². The van der Waals surface area contributed by atoms with E-state index in [1.54, 1.807) is 17.5 Å². The zero-order valence-electron chi connectivity index (χ0n) is 16.5. The number of anilines is 2. The van der Waals surface area contributed by atoms with Crippen LogP contribution in [-0.4, -0.2) is 57.0 Å². The minimum Gasteiger partial charge on any atom is -0.325 e. The molecule has 0 saturated carbocycles. The highest BCUT2D eigenvalue weighted by atomic mass is 32.1. The van der Waals surface area contributed by atoms with Crippen LogP contribution in [-0.2, 0) is 6.54 Å². The molecule has 2 saturated heterocycles. The van der Waals surface area contributed by atoms with Crippen molar-refractivity contribution in [3.8, 4) is 10.7 Å². The molecule has 2 aliphatic rings. The van der Waals surface area contributed by atoms with Crippen LogP contribution in [0.2, 0.25) is 0 Å². The highest BCUT2D eigenvalue weighted by Crippen LogP contribution is 2.23. The van der Waals surface area contributed by atoms with E-state index in [1.165, 1.54) is 51.0 Å². The minimum absolute atomic E-state index is 0.764. The van der Waals surface area contributed by atoms with Gasteiger partial charge in [-0.15, -0.1) is 11.3 Å². The number of hydrogen-bond donors (Lipinski definition) is 1. The van der Waals surface area contributed by atoms with Crippen LogP contribution in [0.15, 0.2) is 48.1 Å². The SMILES string of the molecule is c1cc(Nc2ccc(CN3CC(N4CCCCC4)C3)cn2)nc(-c2nccs2)c1. The summed E-state index contributed by atoms with van der Waals surface area (Å²) in [5, 5.41) is 6.19. The van der Waals surface area contributed by atoms with Crippen molar-refractivity contribution in [1.29, 1.82) is 0 Å². The molecule has 7 heteroatoms. The molecule has 3 aromatic heterocycles. The Morgan fingerprint density at radius 3 is 2.66 bits per heavy atom. The summed E-state index contributed by atoms with van der Waals surface area (Å²) in [6, 6.07) is 10.9. The van der Waals surface area contributed by atoms with E-state index in [1.807, 2.05) is 35.8 Å². The highest BCUT2D eigenvalue weighted by molar-refractivity contribution is 7.13. The van der Waals surface area contributed by atoms with Crippen molar-refractivity contribution in [1.82, 2.24) is 24.8 Å². The summed E-state index contributed by atoms with van der Waals surface area (Å²) in [5.74, 6) is 1.59. The molecule has 0 aromatic carbocycles. The number of nitrogens with zero attached hydrogens (tertiary/aromatic N) is 5. The quantitative estimate of drug-likeness (QED) is 0.667. The van der Waals surface area contributed by atoms with E-state index >= 15 is 0 Å². The lowest BCUT2D eigenvalue weighted by atomic mass is 10.0. The van der Waals surface area contributed by atoms with Crippen molar-refractivity contribution in [2.45, 2.75) is 31.8 Å². The lowest BCUT2D eigenvalue weighted by Gasteiger charge is -2.46. The van der Waals surface area contributed by atoms with Crippen LogP contribution in [0.1, 0.15) is 24.8 Å². The Balaban J connectivity index is 1.15. The molecule has 0 radical (unpaired) electrons. The Morgan fingerprint density at radius 1 is 1.00 bits per heavy atom. The number of thiazole rings is 1. The van der Waals surface area contributed by atoms with E-state index in [9.17, 15) is 0 Å². The zero-order valence-corrected chi connectivity index (χ0v) is 17.3. The molecular weight excluding hydrogens is 380 g/mol. The molecule has 0 amide bonds. The van der Waals surface area contributed by atoms with Crippen molar-refractivity contribution in [2.75, 3.05) is 31.5 Å². The van der Waals surface area contributed by atoms with E-state index in [0.29, 0.717) is 0 Å². The summed E-state index contributed by atoms with van der Waals surface area (Å²) in [6.45, 7) is 5.94. The third-order valence-electron chi connectivity index (χ3n) is 5.73. The lowest BCUT2D eigenvalue weighted by Crippen LogP contribution is -2.59. The first-order chi connectivity index (χ1) is 14.3. The standard InChI is InChI=1S/C22H26N6S/c1-2-10-28(11-3-1)18-15-27(16-18)14-17-7-8-20(24-13-17)26-21-6-4-5-19(25-21)22-23-9-12-29-22/h4-9,12-13,18H,1-3,10-11,14-16H2,(H,24,25,26). The maximum absolute atomic E-state index is 4.64. The first-order valence-corrected chi connectivity index (χ1v) is 11.3. The topological polar surface area (TPSA) is 57.2 Å². The van der Waals surface area contributed by atoms with Gasteiger partial charge in [0.2, 0.25) is 0 Å². The maximum atomic E-state index is 4.64. The van der Waals surface area contributed by atoms with Gasteiger partial charge in [-0.3, -0.25) is 9.80 Å². The molecule has 0 atom stereocenters. The van der Waals surface area contributed by atoms with Crippen LogP contribution in [0.4, 0.5) is 11.6 Å². The van der Waals surface area contributed by atoms with E-state index in [-0.39, 0.29) is 0 Å². The maximum Gasteiger partial charge on any atom is 0.141 e. The molecular formula is C22H26N6S. The second-order valence-electron chi connectivity index (χ2n) is 7.87. The Hall–Kier alpha value is -2.35. The van der Waals surface area contributed by atoms with Gasteiger partial charge in [0.25, 0.3) is 0 Å². The molecule has 0 aliphatic carbocycles. The molecule has 0 unspecified atom stereocenters. The molecule has 3 aromatic rings. The molecule has 1 N–H and O–H groups in total. The molecule has 0 spiro atoms. The third kappa shape index (κ3) is 4.47. The summed E-state index contributed by atoms with van der Waals surface area (Å²) >= 11 is 1.59. The monoisotopic (exact) mass is 406 g/mol. The van der Waals surface area contributed by atoms with Crippen LogP contribution in [0.5, 0.6) is 0 Å². The van der Waals surface area contributed by atoms with Crippen LogP contribution in [0.25, 0.3) is 10.7 Å². The first kappa shape index (κ1) is 18.7. The number of hydrogen-bond acceptors (Lipinski definition) is 7. The Morgan fingerprint density at radius 2 is 1.90 bits per heavy atom. The van der Waals surface area contributed by atoms with Crippen molar-refractivity contribution in [3.63, 3.8) is 0 Å². The summed E-state index contributed by atoms with van der Waals surface area (Å²) in [6.07, 6.45) is 7.92. The average molecular weight is 407 g/mol. The highest BCUT2D eigenvalue weighted by Gasteiger charge is 2.31. The van der Waals surface area contributed by atoms with Gasteiger partial charge in [0.15, 0.2) is 0 Å². The van der Waals surface area contributed by atoms with E-state index < -0.39 is 0 Å². The minimum atomic E-state index is 0.764. The number of likely N-dealkylation sites (tertiary alicyclic amines) is 2. The summed E-state index contributed by atoms with van der Waals surface area (Å²) in [4.78, 5) is 18.7. The predicted molar refractivity (Wildman–Crippen MR) is 117 cm³/mol. The largest absolute Gasteiger partial charge is 0.325 e. The molecule has 2 aliphatic heterocycles. The predicted octanol–water partition coefficient (Wildman–Crippen LogP) is 4.01. The Labute approximate surface area is 175 Å². The van der Waals surface area contributed by atoms with Gasteiger partial charge in [-0.25, -0.2) is 15.0 Å². The van der Waals surface area contributed by atoms with E-state index in [2.05, 4.69) is 36.1 Å². The number of pyridine rings is 2. The van der Waals surface area contributed by atoms with Gasteiger partial charge in [-0.2, -0.15) is 0 Å². The number of rotatable bonds is 6. The number of aromatic nitrogens is 3. The zero-order chi connectivity index (χ0) is 19.5. The fourth-order valence-corrected chi connectivity index (χ4v) is 4.75. The summed E-state index contributed by atoms with van der Waals surface area (Å²) in [7, 11) is 0. The molecule has 2 fully saturated rings. The van der Waals surface area contributed by atoms with Gasteiger partial charge in [-0.05, 0) is 49.7 Å². The van der Waals surface area contributed by atoms with Gasteiger partial charge < -0.3 is 5.32 Å². The fraction of sp³-hybridized carbons (Fsp3) is 0.409. The molecule has 5 heterocycles. The van der Waals surface area contributed by atoms with Crippen LogP contribution in [0.3, 0.4) is 0 Å². The van der Waals surface area contributed by atoms with Crippen molar-refractivity contribution >= 4 is 23.0 Å². The van der Waals surface area contributed by atoms with Gasteiger partial charge in [0, 0.05) is 43.4 Å². The number of piperidine rings is 1. The van der Waals surface area contributed by atoms with Gasteiger partial charge in [0.1, 0.15) is 22.3 Å². The van der Waals surface area contributed by atoms with Crippen molar-refractivity contribution in [2.24, 2.45) is 0 Å². The summed E-state index contributed by atoms with van der Waals surface area (Å²) < 4.78 is 0. The molecule has 6 nitrogen and oxygen atoms in total. The third-order valence-corrected chi connectivity index (χ3v) is 6.53. The smallest absolute Gasteiger partial charge is 0.141 e. The Bertz CT molecular complexity index is 915. The first-order valence-electron chi connectivity index (χ1n) is 10.4. The summed E-state index contributed by atoms with van der Waals surface area (Å²) in [5.41, 5.74) is 2.14. The van der Waals surface area contributed by atoms with Crippen molar-refractivity contribution in [3.05, 3.63) is 53.7 Å². The van der Waals surface area contributed by atoms with Gasteiger partial charge >= 0.3 is 0 Å². The van der Waals surface area contributed by atoms with Crippen LogP contribution < -0.4 is 5.32 Å². The molecule has 150 valence electrons. The Kier molecular flexibility index (Phi) is 5.51. The lowest BCUT2D eigenvalue weighted by molar-refractivity contribution is 0.0185. The van der Waals surface area contributed by atoms with Gasteiger partial charge in [-0.1, -0.05) is 18.6 Å². The normalized spacial score (nSPS) is 18.5. The average Bonchev–Trinajstić information content (AvgIpc) is 3.27. The van der Waals surface area contributed by atoms with E-state index in [4.69, 9.17) is 0 Å². The second-order valence-corrected chi connectivity index (χ2v) is 8.76. The van der Waals surface area contributed by atoms with Gasteiger partial charge in [0.05, 0.1) is 0 Å². The van der Waals surface area contributed by atoms with Crippen molar-refractivity contribution < 1.29 is 0 Å². The molecule has 29 heavy (non-hydrogen) atoms.